The van der Waals surface area contributed by atoms with Crippen LogP contribution in [-0.2, 0) is 14.5 Å². The van der Waals surface area contributed by atoms with Crippen LogP contribution in [-0.4, -0.2) is 63.3 Å². The zero-order valence-electron chi connectivity index (χ0n) is 20.6. The first-order valence-corrected chi connectivity index (χ1v) is 14.1. The highest BCUT2D eigenvalue weighted by Gasteiger charge is 2.35. The molecule has 200 valence electrons. The Morgan fingerprint density at radius 1 is 1.22 bits per heavy atom. The second-order valence-electron chi connectivity index (χ2n) is 9.76. The highest BCUT2D eigenvalue weighted by molar-refractivity contribution is 7.93. The van der Waals surface area contributed by atoms with E-state index in [9.17, 15) is 22.5 Å². The van der Waals surface area contributed by atoms with Crippen molar-refractivity contribution in [3.8, 4) is 0 Å². The molecule has 0 amide bonds. The van der Waals surface area contributed by atoms with E-state index in [-0.39, 0.29) is 17.5 Å². The number of benzene rings is 1. The maximum absolute atomic E-state index is 14.8. The van der Waals surface area contributed by atoms with Crippen molar-refractivity contribution in [3.05, 3.63) is 52.6 Å². The molecule has 2 aromatic rings. The van der Waals surface area contributed by atoms with Crippen LogP contribution in [0.4, 0.5) is 24.8 Å². The second kappa shape index (κ2) is 10.2. The van der Waals surface area contributed by atoms with Gasteiger partial charge in [0.15, 0.2) is 6.23 Å². The lowest BCUT2D eigenvalue weighted by Gasteiger charge is -2.37. The first kappa shape index (κ1) is 25.9. The number of aliphatic hydroxyl groups excluding tert-OH is 1. The van der Waals surface area contributed by atoms with Crippen molar-refractivity contribution in [1.82, 2.24) is 9.97 Å². The molecule has 0 aliphatic carbocycles. The van der Waals surface area contributed by atoms with Gasteiger partial charge in [0.25, 0.3) is 6.43 Å². The number of ether oxygens (including phenoxy) is 1. The van der Waals surface area contributed by atoms with E-state index in [1.807, 2.05) is 6.08 Å². The van der Waals surface area contributed by atoms with Gasteiger partial charge in [0.1, 0.15) is 29.8 Å². The summed E-state index contributed by atoms with van der Waals surface area (Å²) < 4.78 is 64.0. The molecule has 1 aromatic heterocycles. The van der Waals surface area contributed by atoms with Crippen molar-refractivity contribution >= 4 is 27.4 Å². The average Bonchev–Trinajstić information content (AvgIpc) is 2.84. The Bertz CT molecular complexity index is 1310. The van der Waals surface area contributed by atoms with Crippen molar-refractivity contribution in [3.63, 3.8) is 0 Å². The van der Waals surface area contributed by atoms with E-state index in [1.54, 1.807) is 18.9 Å². The summed E-state index contributed by atoms with van der Waals surface area (Å²) in [5, 5.41) is 14.2. The van der Waals surface area contributed by atoms with E-state index in [2.05, 4.69) is 19.6 Å². The molecule has 2 fully saturated rings. The molecule has 2 atom stereocenters. The minimum atomic E-state index is -2.92. The van der Waals surface area contributed by atoms with Crippen molar-refractivity contribution in [2.75, 3.05) is 42.0 Å². The van der Waals surface area contributed by atoms with Gasteiger partial charge in [-0.15, -0.1) is 0 Å². The number of likely N-dealkylation sites (N-methyl/N-ethyl adjacent to an activating group) is 1. The summed E-state index contributed by atoms with van der Waals surface area (Å²) in [6.07, 6.45) is 0.600. The molecule has 2 N–H and O–H groups in total. The Morgan fingerprint density at radius 2 is 1.92 bits per heavy atom. The minimum Gasteiger partial charge on any atom is -0.377 e. The number of hydrogen-bond acceptors (Lipinski definition) is 8. The number of nitrogens with one attached hydrogen (secondary N) is 1. The maximum atomic E-state index is 14.8. The molecule has 3 aliphatic rings. The van der Waals surface area contributed by atoms with E-state index in [0.717, 1.165) is 11.6 Å². The fourth-order valence-electron chi connectivity index (χ4n) is 5.07. The van der Waals surface area contributed by atoms with E-state index in [0.29, 0.717) is 54.8 Å². The third kappa shape index (κ3) is 5.06. The molecule has 3 aliphatic heterocycles. The molecule has 0 radical (unpaired) electrons. The van der Waals surface area contributed by atoms with Crippen LogP contribution in [0.25, 0.3) is 6.08 Å². The molecule has 0 spiro atoms. The Labute approximate surface area is 214 Å². The number of aromatic nitrogens is 2. The van der Waals surface area contributed by atoms with Crippen LogP contribution < -0.4 is 10.2 Å². The lowest BCUT2D eigenvalue weighted by Crippen LogP contribution is -2.41. The van der Waals surface area contributed by atoms with Crippen molar-refractivity contribution in [2.45, 2.75) is 44.5 Å². The van der Waals surface area contributed by atoms with Crippen LogP contribution in [0, 0.1) is 11.7 Å². The lowest BCUT2D eigenvalue weighted by atomic mass is 9.88. The first-order chi connectivity index (χ1) is 17.7. The summed E-state index contributed by atoms with van der Waals surface area (Å²) in [5.41, 5.74) is 0.831. The molecule has 1 aromatic carbocycles. The summed E-state index contributed by atoms with van der Waals surface area (Å²) in [7, 11) is -0.563. The summed E-state index contributed by atoms with van der Waals surface area (Å²) in [4.78, 5) is 10.3. The molecule has 4 heterocycles. The zero-order valence-corrected chi connectivity index (χ0v) is 21.4. The SMILES string of the molecule is C[C@@H](Nc1ncnc2c1C=C(C1CCS(=O)(=NC3COC3)CC1)C(O)N2C)c1cccc(C(F)F)c1F. The van der Waals surface area contributed by atoms with Crippen LogP contribution in [0.5, 0.6) is 0 Å². The number of hydrogen-bond donors (Lipinski definition) is 2. The molecule has 0 saturated carbocycles. The standard InChI is InChI=1S/C25H30F3N5O3S/c1-14(17-4-3-5-18(21(17)26)22(27)28)31-23-20-10-19(25(34)33(2)24(20)30-13-29-23)15-6-8-37(35,9-7-15)32-16-11-36-12-16/h3-5,10,13-16,22,25,34H,6-9,11-12H2,1-2H3,(H,29,30,31)/t14-,15?,25?,37?/m1/s1. The number of anilines is 2. The molecule has 2 saturated heterocycles. The quantitative estimate of drug-likeness (QED) is 0.571. The van der Waals surface area contributed by atoms with E-state index in [4.69, 9.17) is 4.74 Å². The van der Waals surface area contributed by atoms with Gasteiger partial charge in [-0.1, -0.05) is 18.2 Å². The number of rotatable bonds is 6. The Balaban J connectivity index is 1.41. The molecular weight excluding hydrogens is 507 g/mol. The number of alkyl halides is 2. The predicted molar refractivity (Wildman–Crippen MR) is 135 cm³/mol. The second-order valence-corrected chi connectivity index (χ2v) is 12.3. The molecule has 37 heavy (non-hydrogen) atoms. The number of aliphatic hydroxyl groups is 1. The molecule has 8 nitrogen and oxygen atoms in total. The molecule has 0 bridgehead atoms. The van der Waals surface area contributed by atoms with Crippen molar-refractivity contribution in [1.29, 1.82) is 0 Å². The Kier molecular flexibility index (Phi) is 7.16. The number of halogens is 3. The average molecular weight is 538 g/mol. The van der Waals surface area contributed by atoms with E-state index >= 15 is 0 Å². The largest absolute Gasteiger partial charge is 0.377 e. The first-order valence-electron chi connectivity index (χ1n) is 12.3. The fourth-order valence-corrected chi connectivity index (χ4v) is 7.46. The van der Waals surface area contributed by atoms with Gasteiger partial charge in [0.2, 0.25) is 0 Å². The van der Waals surface area contributed by atoms with Crippen LogP contribution >= 0.6 is 0 Å². The monoisotopic (exact) mass is 537 g/mol. The maximum Gasteiger partial charge on any atom is 0.266 e. The van der Waals surface area contributed by atoms with Crippen LogP contribution in [0.2, 0.25) is 0 Å². The number of nitrogens with zero attached hydrogens (tertiary/aromatic N) is 4. The third-order valence-corrected chi connectivity index (χ3v) is 9.72. The normalized spacial score (nSPS) is 26.8. The molecule has 12 heteroatoms. The molecule has 1 unspecified atom stereocenters. The fraction of sp³-hybridized carbons (Fsp3) is 0.520. The van der Waals surface area contributed by atoms with Gasteiger partial charge in [-0.2, -0.15) is 0 Å². The predicted octanol–water partition coefficient (Wildman–Crippen LogP) is 4.15. The molecule has 5 rings (SSSR count). The summed E-state index contributed by atoms with van der Waals surface area (Å²) >= 11 is 0. The smallest absolute Gasteiger partial charge is 0.266 e. The van der Waals surface area contributed by atoms with E-state index < -0.39 is 39.8 Å². The Hall–Kier alpha value is -2.70. The van der Waals surface area contributed by atoms with Crippen LogP contribution in [0.3, 0.4) is 0 Å². The molecular formula is C25H30F3N5O3S. The van der Waals surface area contributed by atoms with Crippen LogP contribution in [0.15, 0.2) is 34.5 Å². The Morgan fingerprint density at radius 3 is 2.57 bits per heavy atom. The van der Waals surface area contributed by atoms with Gasteiger partial charge < -0.3 is 20.1 Å². The van der Waals surface area contributed by atoms with Gasteiger partial charge in [0.05, 0.1) is 30.4 Å². The van der Waals surface area contributed by atoms with Gasteiger partial charge in [0, 0.05) is 33.8 Å². The summed E-state index contributed by atoms with van der Waals surface area (Å²) in [5.74, 6) is 0.856. The highest BCUT2D eigenvalue weighted by Crippen LogP contribution is 2.40. The summed E-state index contributed by atoms with van der Waals surface area (Å²) in [6.45, 7) is 2.72. The minimum absolute atomic E-state index is 0.00124. The van der Waals surface area contributed by atoms with Gasteiger partial charge in [-0.05, 0) is 37.3 Å². The third-order valence-electron chi connectivity index (χ3n) is 7.29. The number of fused-ring (bicyclic) bond motifs is 1. The van der Waals surface area contributed by atoms with Crippen molar-refractivity contribution in [2.24, 2.45) is 10.3 Å². The van der Waals surface area contributed by atoms with Crippen molar-refractivity contribution < 1.29 is 27.2 Å². The van der Waals surface area contributed by atoms with Crippen LogP contribution in [0.1, 0.15) is 48.9 Å². The topological polar surface area (TPSA) is 99.9 Å². The summed E-state index contributed by atoms with van der Waals surface area (Å²) in [6, 6.07) is 3.29. The van der Waals surface area contributed by atoms with E-state index in [1.165, 1.54) is 18.5 Å². The zero-order chi connectivity index (χ0) is 26.3. The van der Waals surface area contributed by atoms with Gasteiger partial charge in [-0.3, -0.25) is 0 Å². The highest BCUT2D eigenvalue weighted by atomic mass is 32.2. The van der Waals surface area contributed by atoms with Gasteiger partial charge in [-0.25, -0.2) is 31.7 Å². The van der Waals surface area contributed by atoms with Gasteiger partial charge >= 0.3 is 0 Å². The lowest BCUT2D eigenvalue weighted by molar-refractivity contribution is 0.0140.